The van der Waals surface area contributed by atoms with Gasteiger partial charge in [-0.3, -0.25) is 4.79 Å². The maximum atomic E-state index is 12.0. The highest BCUT2D eigenvalue weighted by atomic mass is 16.5. The van der Waals surface area contributed by atoms with E-state index in [0.717, 1.165) is 5.56 Å². The molecule has 3 aromatic rings. The van der Waals surface area contributed by atoms with Gasteiger partial charge in [-0.1, -0.05) is 30.3 Å². The summed E-state index contributed by atoms with van der Waals surface area (Å²) in [5.41, 5.74) is 1.45. The Morgan fingerprint density at radius 1 is 1.05 bits per heavy atom. The van der Waals surface area contributed by atoms with Crippen LogP contribution in [0, 0.1) is 6.92 Å². The normalized spacial score (nSPS) is 10.4. The molecule has 0 saturated carbocycles. The average Bonchev–Trinajstić information content (AvgIpc) is 3.00. The van der Waals surface area contributed by atoms with Crippen molar-refractivity contribution in [2.45, 2.75) is 6.92 Å². The molecule has 2 aromatic carbocycles. The number of hydrogen-bond donors (Lipinski definition) is 0. The zero-order chi connectivity index (χ0) is 15.4. The molecule has 0 fully saturated rings. The van der Waals surface area contributed by atoms with Crippen LogP contribution in [-0.4, -0.2) is 22.6 Å². The van der Waals surface area contributed by atoms with Crippen molar-refractivity contribution in [3.8, 4) is 17.2 Å². The predicted octanol–water partition coefficient (Wildman–Crippen LogP) is 3.31. The van der Waals surface area contributed by atoms with E-state index in [-0.39, 0.29) is 12.4 Å². The van der Waals surface area contributed by atoms with Crippen molar-refractivity contribution in [2.75, 3.05) is 6.61 Å². The molecule has 0 aliphatic carbocycles. The summed E-state index contributed by atoms with van der Waals surface area (Å²) in [6.45, 7) is 1.74. The molecular weight excluding hydrogens is 280 g/mol. The van der Waals surface area contributed by atoms with Gasteiger partial charge in [0.25, 0.3) is 0 Å². The predicted molar refractivity (Wildman–Crippen MR) is 80.7 cm³/mol. The highest BCUT2D eigenvalue weighted by Gasteiger charge is 2.08. The van der Waals surface area contributed by atoms with Crippen LogP contribution < -0.4 is 4.74 Å². The molecule has 0 atom stereocenters. The van der Waals surface area contributed by atoms with E-state index in [2.05, 4.69) is 10.2 Å². The maximum Gasteiger partial charge on any atom is 0.247 e. The fraction of sp³-hybridized carbons (Fsp3) is 0.118. The number of hydrogen-bond acceptors (Lipinski definition) is 5. The number of nitrogens with zero attached hydrogens (tertiary/aromatic N) is 2. The number of aromatic nitrogens is 2. The number of ketones is 1. The molecule has 1 heterocycles. The standard InChI is InChI=1S/C17H14N2O3/c1-12-18-19-17(22-12)14-7-9-15(10-8-14)21-11-16(20)13-5-3-2-4-6-13/h2-10H,11H2,1H3. The van der Waals surface area contributed by atoms with E-state index in [1.807, 2.05) is 30.3 Å². The molecule has 0 saturated heterocycles. The molecular formula is C17H14N2O3. The van der Waals surface area contributed by atoms with Gasteiger partial charge < -0.3 is 9.15 Å². The second kappa shape index (κ2) is 6.22. The van der Waals surface area contributed by atoms with Gasteiger partial charge in [0.15, 0.2) is 12.4 Å². The lowest BCUT2D eigenvalue weighted by atomic mass is 10.1. The van der Waals surface area contributed by atoms with Crippen LogP contribution >= 0.6 is 0 Å². The van der Waals surface area contributed by atoms with Gasteiger partial charge >= 0.3 is 0 Å². The fourth-order valence-corrected chi connectivity index (χ4v) is 1.96. The summed E-state index contributed by atoms with van der Waals surface area (Å²) in [4.78, 5) is 12.0. The number of benzene rings is 2. The number of aryl methyl sites for hydroxylation is 1. The van der Waals surface area contributed by atoms with E-state index in [1.165, 1.54) is 0 Å². The first-order valence-electron chi connectivity index (χ1n) is 6.84. The fourth-order valence-electron chi connectivity index (χ4n) is 1.96. The molecule has 0 radical (unpaired) electrons. The van der Waals surface area contributed by atoms with Crippen LogP contribution in [0.2, 0.25) is 0 Å². The highest BCUT2D eigenvalue weighted by molar-refractivity contribution is 5.97. The lowest BCUT2D eigenvalue weighted by Crippen LogP contribution is -2.11. The maximum absolute atomic E-state index is 12.0. The van der Waals surface area contributed by atoms with Gasteiger partial charge in [-0.05, 0) is 24.3 Å². The molecule has 22 heavy (non-hydrogen) atoms. The molecule has 0 spiro atoms. The van der Waals surface area contributed by atoms with Gasteiger partial charge in [-0.15, -0.1) is 10.2 Å². The summed E-state index contributed by atoms with van der Waals surface area (Å²) >= 11 is 0. The third-order valence-electron chi connectivity index (χ3n) is 3.09. The van der Waals surface area contributed by atoms with Gasteiger partial charge in [-0.25, -0.2) is 0 Å². The number of rotatable bonds is 5. The topological polar surface area (TPSA) is 65.2 Å². The largest absolute Gasteiger partial charge is 0.485 e. The first-order chi connectivity index (χ1) is 10.7. The first kappa shape index (κ1) is 14.0. The summed E-state index contributed by atoms with van der Waals surface area (Å²) in [6, 6.07) is 16.2. The number of carbonyl (C=O) groups excluding carboxylic acids is 1. The Labute approximate surface area is 127 Å². The van der Waals surface area contributed by atoms with Crippen LogP contribution in [0.15, 0.2) is 59.0 Å². The first-order valence-corrected chi connectivity index (χ1v) is 6.84. The molecule has 3 rings (SSSR count). The number of ether oxygens (including phenoxy) is 1. The van der Waals surface area contributed by atoms with Crippen molar-refractivity contribution in [3.63, 3.8) is 0 Å². The van der Waals surface area contributed by atoms with Crippen molar-refractivity contribution < 1.29 is 13.9 Å². The average molecular weight is 294 g/mol. The van der Waals surface area contributed by atoms with Crippen LogP contribution in [-0.2, 0) is 0 Å². The molecule has 0 amide bonds. The van der Waals surface area contributed by atoms with E-state index >= 15 is 0 Å². The van der Waals surface area contributed by atoms with Crippen LogP contribution in [0.1, 0.15) is 16.2 Å². The Morgan fingerprint density at radius 2 is 1.77 bits per heavy atom. The monoisotopic (exact) mass is 294 g/mol. The summed E-state index contributed by atoms with van der Waals surface area (Å²) in [5.74, 6) is 1.54. The van der Waals surface area contributed by atoms with Crippen molar-refractivity contribution in [2.24, 2.45) is 0 Å². The molecule has 0 bridgehead atoms. The molecule has 5 nitrogen and oxygen atoms in total. The Kier molecular flexibility index (Phi) is 3.96. The zero-order valence-electron chi connectivity index (χ0n) is 12.0. The Hall–Kier alpha value is -2.95. The van der Waals surface area contributed by atoms with E-state index in [9.17, 15) is 4.79 Å². The molecule has 0 aliphatic rings. The highest BCUT2D eigenvalue weighted by Crippen LogP contribution is 2.21. The Bertz CT molecular complexity index is 764. The van der Waals surface area contributed by atoms with Crippen LogP contribution in [0.3, 0.4) is 0 Å². The molecule has 0 aliphatic heterocycles. The van der Waals surface area contributed by atoms with Gasteiger partial charge in [0.05, 0.1) is 0 Å². The van der Waals surface area contributed by atoms with E-state index in [0.29, 0.717) is 23.1 Å². The SMILES string of the molecule is Cc1nnc(-c2ccc(OCC(=O)c3ccccc3)cc2)o1. The van der Waals surface area contributed by atoms with E-state index in [4.69, 9.17) is 9.15 Å². The molecule has 0 N–H and O–H groups in total. The van der Waals surface area contributed by atoms with Crippen molar-refractivity contribution in [3.05, 3.63) is 66.1 Å². The van der Waals surface area contributed by atoms with Crippen LogP contribution in [0.5, 0.6) is 5.75 Å². The third kappa shape index (κ3) is 3.20. The smallest absolute Gasteiger partial charge is 0.247 e. The summed E-state index contributed by atoms with van der Waals surface area (Å²) < 4.78 is 10.9. The lowest BCUT2D eigenvalue weighted by Gasteiger charge is -2.06. The third-order valence-corrected chi connectivity index (χ3v) is 3.09. The van der Waals surface area contributed by atoms with Crippen molar-refractivity contribution in [1.29, 1.82) is 0 Å². The Morgan fingerprint density at radius 3 is 2.41 bits per heavy atom. The Balaban J connectivity index is 1.63. The van der Waals surface area contributed by atoms with Gasteiger partial charge in [0.2, 0.25) is 11.8 Å². The molecule has 1 aromatic heterocycles. The second-order valence-corrected chi connectivity index (χ2v) is 4.73. The molecule has 0 unspecified atom stereocenters. The molecule has 110 valence electrons. The summed E-state index contributed by atoms with van der Waals surface area (Å²) in [7, 11) is 0. The molecule has 5 heteroatoms. The van der Waals surface area contributed by atoms with Crippen molar-refractivity contribution in [1.82, 2.24) is 10.2 Å². The van der Waals surface area contributed by atoms with Crippen LogP contribution in [0.25, 0.3) is 11.5 Å². The lowest BCUT2D eigenvalue weighted by molar-refractivity contribution is 0.0921. The minimum atomic E-state index is -0.0581. The number of Topliss-reactive ketones (excluding diaryl/α,β-unsaturated/α-hetero) is 1. The minimum Gasteiger partial charge on any atom is -0.485 e. The van der Waals surface area contributed by atoms with E-state index in [1.54, 1.807) is 31.2 Å². The van der Waals surface area contributed by atoms with Gasteiger partial charge in [0, 0.05) is 18.1 Å². The van der Waals surface area contributed by atoms with Gasteiger partial charge in [-0.2, -0.15) is 0 Å². The zero-order valence-corrected chi connectivity index (χ0v) is 12.0. The van der Waals surface area contributed by atoms with E-state index < -0.39 is 0 Å². The quantitative estimate of drug-likeness (QED) is 0.675. The number of carbonyl (C=O) groups is 1. The second-order valence-electron chi connectivity index (χ2n) is 4.73. The van der Waals surface area contributed by atoms with Gasteiger partial charge in [0.1, 0.15) is 5.75 Å². The van der Waals surface area contributed by atoms with Crippen molar-refractivity contribution >= 4 is 5.78 Å². The summed E-state index contributed by atoms with van der Waals surface area (Å²) in [5, 5.41) is 7.73. The van der Waals surface area contributed by atoms with Crippen LogP contribution in [0.4, 0.5) is 0 Å². The summed E-state index contributed by atoms with van der Waals surface area (Å²) in [6.07, 6.45) is 0. The minimum absolute atomic E-state index is 0.00300.